The minimum Gasteiger partial charge on any atom is -0.494 e. The van der Waals surface area contributed by atoms with Crippen molar-refractivity contribution in [3.05, 3.63) is 65.0 Å². The summed E-state index contributed by atoms with van der Waals surface area (Å²) in [5.74, 6) is -6.10. The normalized spacial score (nSPS) is 12.5. The predicted molar refractivity (Wildman–Crippen MR) is 139 cm³/mol. The van der Waals surface area contributed by atoms with Crippen molar-refractivity contribution in [1.82, 2.24) is 10.6 Å². The zero-order valence-electron chi connectivity index (χ0n) is 23.5. The number of carbonyl (C=O) groups is 4. The standard InChI is InChI=1S/C14H18FNO5.C13H15F2NO4/c1-14(2,3)21-13(19)16-11(12(17)18)8-5-6-10(20-4)9(15)7-8;1-13(2,3)20-12(19)16-10(11(17)18)7-5-4-6-8(14)9(7)15/h5-7,11H,1-4H3,(H,16,19)(H,17,18);4-6,10H,1-3H3,(H,16,19)(H,17,18). The molecule has 2 aromatic carbocycles. The fraction of sp³-hybridized carbons (Fsp3) is 0.407. The number of halogens is 3. The minimum atomic E-state index is -1.74. The lowest BCUT2D eigenvalue weighted by atomic mass is 10.1. The van der Waals surface area contributed by atoms with Gasteiger partial charge in [-0.05, 0) is 65.3 Å². The second-order valence-corrected chi connectivity index (χ2v) is 10.4. The summed E-state index contributed by atoms with van der Waals surface area (Å²) in [6.07, 6.45) is -1.93. The molecule has 11 nitrogen and oxygen atoms in total. The van der Waals surface area contributed by atoms with Crippen LogP contribution in [0.5, 0.6) is 5.75 Å². The number of benzene rings is 2. The second-order valence-electron chi connectivity index (χ2n) is 10.4. The summed E-state index contributed by atoms with van der Waals surface area (Å²) in [4.78, 5) is 45.5. The second kappa shape index (κ2) is 14.2. The van der Waals surface area contributed by atoms with E-state index in [0.29, 0.717) is 0 Å². The van der Waals surface area contributed by atoms with Gasteiger partial charge >= 0.3 is 24.1 Å². The molecule has 14 heteroatoms. The minimum absolute atomic E-state index is 0.0137. The lowest BCUT2D eigenvalue weighted by molar-refractivity contribution is -0.140. The Morgan fingerprint density at radius 3 is 1.66 bits per heavy atom. The van der Waals surface area contributed by atoms with Gasteiger partial charge in [0.2, 0.25) is 0 Å². The van der Waals surface area contributed by atoms with Crippen LogP contribution < -0.4 is 15.4 Å². The van der Waals surface area contributed by atoms with Crippen LogP contribution in [0.25, 0.3) is 0 Å². The van der Waals surface area contributed by atoms with E-state index in [9.17, 15) is 32.3 Å². The van der Waals surface area contributed by atoms with Crippen LogP contribution in [0.4, 0.5) is 22.8 Å². The Kier molecular flexibility index (Phi) is 12.0. The monoisotopic (exact) mass is 586 g/mol. The number of carboxylic acid groups (broad SMARTS) is 2. The first-order valence-corrected chi connectivity index (χ1v) is 12.0. The molecule has 0 heterocycles. The van der Waals surface area contributed by atoms with Gasteiger partial charge in [0, 0.05) is 5.56 Å². The van der Waals surface area contributed by atoms with Gasteiger partial charge in [-0.1, -0.05) is 18.2 Å². The molecule has 0 radical (unpaired) electrons. The van der Waals surface area contributed by atoms with Crippen LogP contribution in [0.15, 0.2) is 36.4 Å². The van der Waals surface area contributed by atoms with Crippen LogP contribution >= 0.6 is 0 Å². The fourth-order valence-corrected chi connectivity index (χ4v) is 3.02. The first kappa shape index (κ1) is 34.5. The van der Waals surface area contributed by atoms with Crippen molar-refractivity contribution >= 4 is 24.1 Å². The third-order valence-electron chi connectivity index (χ3n) is 4.62. The molecular formula is C27H33F3N2O9. The number of carbonyl (C=O) groups excluding carboxylic acids is 2. The summed E-state index contributed by atoms with van der Waals surface area (Å²) in [7, 11) is 1.30. The van der Waals surface area contributed by atoms with E-state index in [-0.39, 0.29) is 11.3 Å². The van der Waals surface area contributed by atoms with Crippen LogP contribution in [0.3, 0.4) is 0 Å². The van der Waals surface area contributed by atoms with E-state index in [1.165, 1.54) is 19.2 Å². The van der Waals surface area contributed by atoms with Crippen LogP contribution in [0.1, 0.15) is 64.8 Å². The highest BCUT2D eigenvalue weighted by molar-refractivity contribution is 5.82. The number of hydrogen-bond acceptors (Lipinski definition) is 7. The molecule has 0 saturated carbocycles. The predicted octanol–water partition coefficient (Wildman–Crippen LogP) is 5.10. The summed E-state index contributed by atoms with van der Waals surface area (Å²) >= 11 is 0. The number of rotatable bonds is 7. The molecule has 0 bridgehead atoms. The zero-order valence-corrected chi connectivity index (χ0v) is 23.5. The van der Waals surface area contributed by atoms with E-state index in [1.54, 1.807) is 41.5 Å². The maximum Gasteiger partial charge on any atom is 0.408 e. The smallest absolute Gasteiger partial charge is 0.408 e. The van der Waals surface area contributed by atoms with E-state index < -0.39 is 70.4 Å². The lowest BCUT2D eigenvalue weighted by Crippen LogP contribution is -2.38. The third-order valence-corrected chi connectivity index (χ3v) is 4.62. The molecule has 4 N–H and O–H groups in total. The van der Waals surface area contributed by atoms with Gasteiger partial charge in [-0.2, -0.15) is 0 Å². The van der Waals surface area contributed by atoms with Gasteiger partial charge in [0.15, 0.2) is 35.3 Å². The molecular weight excluding hydrogens is 553 g/mol. The van der Waals surface area contributed by atoms with Crippen molar-refractivity contribution in [3.63, 3.8) is 0 Å². The number of methoxy groups -OCH3 is 1. The molecule has 2 unspecified atom stereocenters. The van der Waals surface area contributed by atoms with E-state index in [4.69, 9.17) is 24.4 Å². The summed E-state index contributed by atoms with van der Waals surface area (Å²) in [6.45, 7) is 9.71. The maximum atomic E-state index is 13.6. The van der Waals surface area contributed by atoms with Gasteiger partial charge in [0.05, 0.1) is 7.11 Å². The number of hydrogen-bond donors (Lipinski definition) is 4. The van der Waals surface area contributed by atoms with Crippen LogP contribution in [0, 0.1) is 17.5 Å². The Labute approximate surface area is 234 Å². The van der Waals surface area contributed by atoms with Gasteiger partial charge in [-0.25, -0.2) is 32.3 Å². The Morgan fingerprint density at radius 1 is 0.756 bits per heavy atom. The Bertz CT molecular complexity index is 1260. The van der Waals surface area contributed by atoms with Gasteiger partial charge in [0.1, 0.15) is 11.2 Å². The molecule has 2 aromatic rings. The van der Waals surface area contributed by atoms with Gasteiger partial charge in [-0.15, -0.1) is 0 Å². The molecule has 0 saturated heterocycles. The number of ether oxygens (including phenoxy) is 3. The number of alkyl carbamates (subject to hydrolysis) is 2. The third kappa shape index (κ3) is 11.6. The van der Waals surface area contributed by atoms with Crippen molar-refractivity contribution < 1.29 is 56.8 Å². The summed E-state index contributed by atoms with van der Waals surface area (Å²) in [6, 6.07) is 3.57. The molecule has 0 aliphatic carbocycles. The van der Waals surface area contributed by atoms with Crippen molar-refractivity contribution in [2.75, 3.05) is 7.11 Å². The van der Waals surface area contributed by atoms with Crippen molar-refractivity contribution in [2.24, 2.45) is 0 Å². The average Bonchev–Trinajstić information content (AvgIpc) is 2.81. The topological polar surface area (TPSA) is 160 Å². The summed E-state index contributed by atoms with van der Waals surface area (Å²) in [5, 5.41) is 22.4. The first-order chi connectivity index (χ1) is 18.8. The van der Waals surface area contributed by atoms with Gasteiger partial charge in [-0.3, -0.25) is 0 Å². The molecule has 2 atom stereocenters. The largest absolute Gasteiger partial charge is 0.494 e. The fourth-order valence-electron chi connectivity index (χ4n) is 3.02. The number of amides is 2. The highest BCUT2D eigenvalue weighted by Gasteiger charge is 2.29. The van der Waals surface area contributed by atoms with Crippen molar-refractivity contribution in [1.29, 1.82) is 0 Å². The summed E-state index contributed by atoms with van der Waals surface area (Å²) < 4.78 is 54.9. The number of nitrogens with one attached hydrogen (secondary N) is 2. The molecule has 2 rings (SSSR count). The molecule has 2 amide bonds. The highest BCUT2D eigenvalue weighted by atomic mass is 19.2. The van der Waals surface area contributed by atoms with Gasteiger partial charge < -0.3 is 35.1 Å². The average molecular weight is 587 g/mol. The zero-order chi connectivity index (χ0) is 31.7. The van der Waals surface area contributed by atoms with Crippen LogP contribution in [0.2, 0.25) is 0 Å². The number of aliphatic carboxylic acids is 2. The Hall–Kier alpha value is -4.49. The Balaban J connectivity index is 0.000000410. The lowest BCUT2D eigenvalue weighted by Gasteiger charge is -2.22. The Morgan fingerprint density at radius 2 is 1.24 bits per heavy atom. The summed E-state index contributed by atoms with van der Waals surface area (Å²) in [5.41, 5.74) is -2.01. The quantitative estimate of drug-likeness (QED) is 0.346. The highest BCUT2D eigenvalue weighted by Crippen LogP contribution is 2.23. The van der Waals surface area contributed by atoms with Gasteiger partial charge in [0.25, 0.3) is 0 Å². The van der Waals surface area contributed by atoms with Crippen molar-refractivity contribution in [3.8, 4) is 5.75 Å². The molecule has 0 aliphatic heterocycles. The molecule has 0 spiro atoms. The molecule has 0 aliphatic rings. The van der Waals surface area contributed by atoms with Crippen LogP contribution in [-0.4, -0.2) is 52.7 Å². The van der Waals surface area contributed by atoms with E-state index in [1.807, 2.05) is 5.32 Å². The number of carboxylic acids is 2. The van der Waals surface area contributed by atoms with Crippen molar-refractivity contribution in [2.45, 2.75) is 64.8 Å². The molecule has 41 heavy (non-hydrogen) atoms. The molecule has 0 aromatic heterocycles. The van der Waals surface area contributed by atoms with E-state index in [2.05, 4.69) is 5.32 Å². The van der Waals surface area contributed by atoms with E-state index in [0.717, 1.165) is 24.3 Å². The SMILES string of the molecule is CC(C)(C)OC(=O)NC(C(=O)O)c1cccc(F)c1F.COc1ccc(C(NC(=O)OC(C)(C)C)C(=O)O)cc1F. The maximum absolute atomic E-state index is 13.6. The molecule has 0 fully saturated rings. The molecule has 226 valence electrons. The van der Waals surface area contributed by atoms with Crippen LogP contribution in [-0.2, 0) is 19.1 Å². The van der Waals surface area contributed by atoms with E-state index >= 15 is 0 Å². The first-order valence-electron chi connectivity index (χ1n) is 12.0.